The fraction of sp³-hybridized carbons (Fsp3) is 0.294. The molecule has 9 heteroatoms. The van der Waals surface area contributed by atoms with E-state index in [0.717, 1.165) is 11.1 Å². The van der Waals surface area contributed by atoms with Crippen molar-refractivity contribution in [2.24, 2.45) is 0 Å². The Balaban J connectivity index is 1.63. The molecule has 136 valence electrons. The minimum absolute atomic E-state index is 0.183. The lowest BCUT2D eigenvalue weighted by molar-refractivity contribution is -0.0886. The molecular formula is C17H16F3N3OP2. The van der Waals surface area contributed by atoms with Gasteiger partial charge in [-0.3, -0.25) is 4.40 Å². The molecule has 0 saturated heterocycles. The van der Waals surface area contributed by atoms with E-state index < -0.39 is 11.3 Å². The maximum Gasteiger partial charge on any atom is 0.270 e. The predicted octanol–water partition coefficient (Wildman–Crippen LogP) is 4.62. The van der Waals surface area contributed by atoms with Crippen LogP contribution < -0.4 is 4.74 Å². The molecule has 1 fully saturated rings. The first-order valence-electron chi connectivity index (χ1n) is 7.97. The van der Waals surface area contributed by atoms with Gasteiger partial charge in [0.1, 0.15) is 11.6 Å². The van der Waals surface area contributed by atoms with Gasteiger partial charge in [0.25, 0.3) is 5.34 Å². The Bertz CT molecular complexity index is 946. The number of hydrogen-bond acceptors (Lipinski definition) is 3. The number of rotatable bonds is 4. The summed E-state index contributed by atoms with van der Waals surface area (Å²) in [6.07, 6.45) is 4.75. The maximum atomic E-state index is 13.5. The fourth-order valence-electron chi connectivity index (χ4n) is 3.09. The smallest absolute Gasteiger partial charge is 0.270 e. The first-order valence-corrected chi connectivity index (χ1v) is 9.13. The van der Waals surface area contributed by atoms with Gasteiger partial charge in [-0.1, -0.05) is 12.1 Å². The minimum Gasteiger partial charge on any atom is -0.452 e. The zero-order chi connectivity index (χ0) is 18.5. The van der Waals surface area contributed by atoms with E-state index in [4.69, 9.17) is 4.74 Å². The number of alkyl halides is 3. The summed E-state index contributed by atoms with van der Waals surface area (Å²) in [4.78, 5) is 8.63. The maximum absolute atomic E-state index is 13.5. The van der Waals surface area contributed by atoms with Crippen LogP contribution in [-0.2, 0) is 0 Å². The van der Waals surface area contributed by atoms with E-state index in [2.05, 4.69) is 9.97 Å². The second kappa shape index (κ2) is 6.17. The average molecular weight is 397 g/mol. The Kier molecular flexibility index (Phi) is 4.20. The normalized spacial score (nSPS) is 17.3. The highest BCUT2D eigenvalue weighted by Crippen LogP contribution is 2.47. The third-order valence-corrected chi connectivity index (χ3v) is 4.56. The molecule has 1 saturated carbocycles. The standard InChI is InChI=1S/C17H16F3N3OP2/c18-16(19)5-11(6-16)15-22-8-14-21-7-12(9-23(14)15)10-1-3-13(4-2-10)24-17(20,25)26/h1-4,7-9,11H,5-6,25-26H2. The van der Waals surface area contributed by atoms with Gasteiger partial charge in [-0.2, -0.15) is 4.39 Å². The molecule has 2 heterocycles. The van der Waals surface area contributed by atoms with Crippen LogP contribution in [0.15, 0.2) is 42.9 Å². The molecule has 4 rings (SSSR count). The van der Waals surface area contributed by atoms with Crippen LogP contribution in [0.4, 0.5) is 13.2 Å². The van der Waals surface area contributed by atoms with Gasteiger partial charge in [0.05, 0.1) is 6.20 Å². The Labute approximate surface area is 152 Å². The van der Waals surface area contributed by atoms with Gasteiger partial charge in [0, 0.05) is 36.7 Å². The largest absolute Gasteiger partial charge is 0.452 e. The Morgan fingerprint density at radius 1 is 1.08 bits per heavy atom. The van der Waals surface area contributed by atoms with Crippen molar-refractivity contribution in [2.75, 3.05) is 0 Å². The molecule has 0 spiro atoms. The lowest BCUT2D eigenvalue weighted by Crippen LogP contribution is -2.34. The molecule has 26 heavy (non-hydrogen) atoms. The topological polar surface area (TPSA) is 39.4 Å². The summed E-state index contributed by atoms with van der Waals surface area (Å²) in [5.41, 5.74) is 2.27. The summed E-state index contributed by atoms with van der Waals surface area (Å²) < 4.78 is 46.7. The summed E-state index contributed by atoms with van der Waals surface area (Å²) >= 11 is 0. The van der Waals surface area contributed by atoms with Crippen LogP contribution in [0.3, 0.4) is 0 Å². The molecule has 4 nitrogen and oxygen atoms in total. The summed E-state index contributed by atoms with van der Waals surface area (Å²) in [6.45, 7) is 0. The molecule has 0 N–H and O–H groups in total. The quantitative estimate of drug-likeness (QED) is 0.604. The number of nitrogens with zero attached hydrogens (tertiary/aromatic N) is 3. The average Bonchev–Trinajstić information content (AvgIpc) is 2.94. The molecule has 1 aromatic carbocycles. The van der Waals surface area contributed by atoms with Crippen molar-refractivity contribution in [3.63, 3.8) is 0 Å². The lowest BCUT2D eigenvalue weighted by atomic mass is 9.81. The monoisotopic (exact) mass is 397 g/mol. The van der Waals surface area contributed by atoms with E-state index in [0.29, 0.717) is 17.2 Å². The minimum atomic E-state index is -2.60. The van der Waals surface area contributed by atoms with Crippen LogP contribution in [0.1, 0.15) is 24.6 Å². The van der Waals surface area contributed by atoms with Crippen LogP contribution in [-0.4, -0.2) is 25.6 Å². The van der Waals surface area contributed by atoms with E-state index in [1.54, 1.807) is 41.1 Å². The highest BCUT2D eigenvalue weighted by molar-refractivity contribution is 7.38. The van der Waals surface area contributed by atoms with Crippen LogP contribution in [0.25, 0.3) is 16.8 Å². The van der Waals surface area contributed by atoms with Crippen LogP contribution >= 0.6 is 18.5 Å². The molecule has 2 aromatic heterocycles. The zero-order valence-electron chi connectivity index (χ0n) is 13.6. The molecular weight excluding hydrogens is 381 g/mol. The molecule has 0 aliphatic heterocycles. The van der Waals surface area contributed by atoms with Crippen molar-refractivity contribution in [1.29, 1.82) is 0 Å². The van der Waals surface area contributed by atoms with Gasteiger partial charge in [0.15, 0.2) is 5.65 Å². The summed E-state index contributed by atoms with van der Waals surface area (Å²) in [7, 11) is 3.88. The number of fused-ring (bicyclic) bond motifs is 1. The number of aromatic nitrogens is 3. The van der Waals surface area contributed by atoms with E-state index >= 15 is 0 Å². The van der Waals surface area contributed by atoms with Gasteiger partial charge < -0.3 is 4.74 Å². The van der Waals surface area contributed by atoms with Crippen molar-refractivity contribution in [2.45, 2.75) is 30.0 Å². The van der Waals surface area contributed by atoms with Crippen LogP contribution in [0.5, 0.6) is 5.75 Å². The SMILES string of the molecule is FC1(F)CC(c2ncc3ncc(-c4ccc(OC(F)(P)P)cc4)cn23)C1. The summed E-state index contributed by atoms with van der Waals surface area (Å²) in [5, 5.41) is -1.92. The highest BCUT2D eigenvalue weighted by Gasteiger charge is 2.47. The number of hydrogen-bond donors (Lipinski definition) is 0. The van der Waals surface area contributed by atoms with Crippen molar-refractivity contribution in [3.8, 4) is 16.9 Å². The number of imidazole rings is 1. The lowest BCUT2D eigenvalue weighted by Gasteiger charge is -2.33. The third kappa shape index (κ3) is 3.56. The molecule has 1 aliphatic rings. The van der Waals surface area contributed by atoms with Gasteiger partial charge >= 0.3 is 0 Å². The molecule has 3 aromatic rings. The predicted molar refractivity (Wildman–Crippen MR) is 99.2 cm³/mol. The van der Waals surface area contributed by atoms with Gasteiger partial charge in [-0.25, -0.2) is 18.7 Å². The molecule has 0 amide bonds. The zero-order valence-corrected chi connectivity index (χ0v) is 15.9. The number of ether oxygens (including phenoxy) is 1. The van der Waals surface area contributed by atoms with Crippen molar-refractivity contribution < 1.29 is 17.9 Å². The second-order valence-corrected chi connectivity index (χ2v) is 8.71. The fourth-order valence-corrected chi connectivity index (χ4v) is 3.36. The summed E-state index contributed by atoms with van der Waals surface area (Å²) in [5.74, 6) is -1.87. The Morgan fingerprint density at radius 3 is 2.38 bits per heavy atom. The first-order chi connectivity index (χ1) is 12.2. The van der Waals surface area contributed by atoms with Gasteiger partial charge in [-0.15, -0.1) is 0 Å². The van der Waals surface area contributed by atoms with E-state index in [9.17, 15) is 13.2 Å². The molecule has 2 atom stereocenters. The Hall–Kier alpha value is -1.71. The van der Waals surface area contributed by atoms with Crippen molar-refractivity contribution >= 4 is 24.1 Å². The molecule has 1 aliphatic carbocycles. The van der Waals surface area contributed by atoms with Crippen molar-refractivity contribution in [3.05, 3.63) is 48.7 Å². The van der Waals surface area contributed by atoms with Gasteiger partial charge in [-0.05, 0) is 36.2 Å². The Morgan fingerprint density at radius 2 is 1.77 bits per heavy atom. The number of halogens is 3. The van der Waals surface area contributed by atoms with E-state index in [1.807, 2.05) is 24.7 Å². The first kappa shape index (κ1) is 17.7. The highest BCUT2D eigenvalue weighted by atomic mass is 31.1. The number of benzene rings is 1. The van der Waals surface area contributed by atoms with Crippen LogP contribution in [0, 0.1) is 0 Å². The summed E-state index contributed by atoms with van der Waals surface area (Å²) in [6, 6.07) is 6.88. The second-order valence-electron chi connectivity index (χ2n) is 6.47. The van der Waals surface area contributed by atoms with Crippen LogP contribution in [0.2, 0.25) is 0 Å². The van der Waals surface area contributed by atoms with Gasteiger partial charge in [0.2, 0.25) is 5.92 Å². The van der Waals surface area contributed by atoms with Crippen molar-refractivity contribution in [1.82, 2.24) is 14.4 Å². The van der Waals surface area contributed by atoms with E-state index in [1.165, 1.54) is 0 Å². The molecule has 0 bridgehead atoms. The molecule has 0 radical (unpaired) electrons. The third-order valence-electron chi connectivity index (χ3n) is 4.33. The molecule has 2 unspecified atom stereocenters. The van der Waals surface area contributed by atoms with E-state index in [-0.39, 0.29) is 18.8 Å².